The summed E-state index contributed by atoms with van der Waals surface area (Å²) >= 11 is 5.71. The van der Waals surface area contributed by atoms with Crippen LogP contribution in [0.1, 0.15) is 22.3 Å². The van der Waals surface area contributed by atoms with Crippen molar-refractivity contribution in [3.63, 3.8) is 0 Å². The molecule has 1 aromatic carbocycles. The number of nitrogens with zero attached hydrogens (tertiary/aromatic N) is 3. The Bertz CT molecular complexity index is 989. The van der Waals surface area contributed by atoms with Crippen molar-refractivity contribution in [2.75, 3.05) is 0 Å². The predicted molar refractivity (Wildman–Crippen MR) is 90.3 cm³/mol. The molecule has 0 bridgehead atoms. The molecule has 0 radical (unpaired) electrons. The summed E-state index contributed by atoms with van der Waals surface area (Å²) in [5, 5.41) is 6.27. The van der Waals surface area contributed by atoms with Crippen LogP contribution in [-0.2, 0) is 16.7 Å². The van der Waals surface area contributed by atoms with E-state index in [2.05, 4.69) is 15.2 Å². The van der Waals surface area contributed by atoms with E-state index in [9.17, 15) is 13.0 Å². The molecule has 3 aromatic rings. The Balaban J connectivity index is 2.07. The van der Waals surface area contributed by atoms with E-state index in [0.717, 1.165) is 5.56 Å². The fraction of sp³-hybridized carbons (Fsp3) is 0.133. The van der Waals surface area contributed by atoms with E-state index in [1.165, 1.54) is 18.3 Å². The molecule has 0 amide bonds. The second-order valence-electron chi connectivity index (χ2n) is 5.12. The van der Waals surface area contributed by atoms with E-state index in [4.69, 9.17) is 21.8 Å². The summed E-state index contributed by atoms with van der Waals surface area (Å²) in [4.78, 5) is 3.81. The maximum atomic E-state index is 11.8. The van der Waals surface area contributed by atoms with Gasteiger partial charge in [0, 0.05) is 23.9 Å². The fourth-order valence-corrected chi connectivity index (χ4v) is 3.29. The third kappa shape index (κ3) is 3.69. The maximum absolute atomic E-state index is 11.8. The molecule has 0 aliphatic heterocycles. The zero-order chi connectivity index (χ0) is 18.0. The van der Waals surface area contributed by atoms with E-state index in [1.54, 1.807) is 18.2 Å². The first-order valence-electron chi connectivity index (χ1n) is 7.09. The highest BCUT2D eigenvalue weighted by atomic mass is 35.5. The Morgan fingerprint density at radius 2 is 1.96 bits per heavy atom. The molecule has 1 atom stereocenters. The molecule has 130 valence electrons. The average molecular weight is 381 g/mol. The van der Waals surface area contributed by atoms with Crippen molar-refractivity contribution in [1.29, 1.82) is 0 Å². The van der Waals surface area contributed by atoms with E-state index in [1.807, 2.05) is 6.07 Å². The van der Waals surface area contributed by atoms with Gasteiger partial charge in [0.05, 0.1) is 0 Å². The predicted octanol–water partition coefficient (Wildman–Crippen LogP) is 2.22. The summed E-state index contributed by atoms with van der Waals surface area (Å²) in [6.45, 7) is 0.247. The molecule has 2 heterocycles. The molecule has 2 aromatic heterocycles. The lowest BCUT2D eigenvalue weighted by molar-refractivity contribution is 0.450. The van der Waals surface area contributed by atoms with E-state index < -0.39 is 15.4 Å². The molecule has 3 N–H and O–H groups in total. The van der Waals surface area contributed by atoms with Crippen LogP contribution in [0.4, 0.5) is 0 Å². The van der Waals surface area contributed by atoms with Crippen LogP contribution < -0.4 is 5.73 Å². The molecule has 0 saturated carbocycles. The lowest BCUT2D eigenvalue weighted by atomic mass is 10.1. The Morgan fingerprint density at radius 3 is 2.60 bits per heavy atom. The minimum atomic E-state index is -4.57. The smallest absolute Gasteiger partial charge is 0.281 e. The first-order valence-corrected chi connectivity index (χ1v) is 8.97. The van der Waals surface area contributed by atoms with Gasteiger partial charge in [0.25, 0.3) is 10.1 Å². The summed E-state index contributed by atoms with van der Waals surface area (Å²) < 4.78 is 38.8. The zero-order valence-corrected chi connectivity index (χ0v) is 14.3. The Hall–Kier alpha value is -2.33. The minimum Gasteiger partial charge on any atom is -0.419 e. The van der Waals surface area contributed by atoms with Crippen LogP contribution in [0.3, 0.4) is 0 Å². The van der Waals surface area contributed by atoms with Crippen molar-refractivity contribution >= 4 is 21.7 Å². The normalized spacial score (nSPS) is 12.9. The largest absolute Gasteiger partial charge is 0.419 e. The SMILES string of the molecule is NCc1ccccc1-c1nnc(C(c2ccc(Cl)nc2)S(=O)(=O)O)o1. The van der Waals surface area contributed by atoms with Gasteiger partial charge in [-0.3, -0.25) is 4.55 Å². The standard InChI is InChI=1S/C15H13ClN4O4S/c16-12-6-5-10(8-18-12)13(25(21,22)23)15-20-19-14(24-15)11-4-2-1-3-9(11)7-17/h1-6,8,13H,7,17H2,(H,21,22,23). The number of hydrogen-bond donors (Lipinski definition) is 2. The third-order valence-corrected chi connectivity index (χ3v) is 4.78. The number of nitrogens with two attached hydrogens (primary N) is 1. The van der Waals surface area contributed by atoms with Gasteiger partial charge in [-0.1, -0.05) is 35.9 Å². The van der Waals surface area contributed by atoms with Gasteiger partial charge >= 0.3 is 0 Å². The zero-order valence-electron chi connectivity index (χ0n) is 12.7. The van der Waals surface area contributed by atoms with Gasteiger partial charge in [-0.15, -0.1) is 10.2 Å². The van der Waals surface area contributed by atoms with Gasteiger partial charge in [0.15, 0.2) is 5.25 Å². The molecule has 25 heavy (non-hydrogen) atoms. The maximum Gasteiger partial charge on any atom is 0.281 e. The lowest BCUT2D eigenvalue weighted by Crippen LogP contribution is -2.14. The van der Waals surface area contributed by atoms with Gasteiger partial charge < -0.3 is 10.2 Å². The monoisotopic (exact) mass is 380 g/mol. The van der Waals surface area contributed by atoms with Crippen molar-refractivity contribution in [3.05, 3.63) is 64.8 Å². The average Bonchev–Trinajstić information content (AvgIpc) is 3.04. The topological polar surface area (TPSA) is 132 Å². The number of benzene rings is 1. The van der Waals surface area contributed by atoms with Crippen LogP contribution >= 0.6 is 11.6 Å². The number of halogens is 1. The first-order chi connectivity index (χ1) is 11.9. The summed E-state index contributed by atoms with van der Waals surface area (Å²) in [5.74, 6) is -0.180. The molecule has 8 nitrogen and oxygen atoms in total. The number of pyridine rings is 1. The highest BCUT2D eigenvalue weighted by molar-refractivity contribution is 7.86. The molecule has 10 heteroatoms. The second-order valence-corrected chi connectivity index (χ2v) is 7.00. The van der Waals surface area contributed by atoms with Crippen LogP contribution in [-0.4, -0.2) is 28.2 Å². The first kappa shape index (κ1) is 17.5. The molecule has 0 spiro atoms. The molecular formula is C15H13ClN4O4S. The number of aromatic nitrogens is 3. The molecule has 3 rings (SSSR count). The van der Waals surface area contributed by atoms with Crippen molar-refractivity contribution in [3.8, 4) is 11.5 Å². The Kier molecular flexibility index (Phi) is 4.82. The Morgan fingerprint density at radius 1 is 1.20 bits per heavy atom. The van der Waals surface area contributed by atoms with Crippen LogP contribution in [0, 0.1) is 0 Å². The highest BCUT2D eigenvalue weighted by Gasteiger charge is 2.33. The van der Waals surface area contributed by atoms with Crippen molar-refractivity contribution in [2.45, 2.75) is 11.8 Å². The molecule has 0 fully saturated rings. The van der Waals surface area contributed by atoms with Crippen molar-refractivity contribution in [1.82, 2.24) is 15.2 Å². The molecule has 0 aliphatic carbocycles. The molecular weight excluding hydrogens is 368 g/mol. The van der Waals surface area contributed by atoms with E-state index in [0.29, 0.717) is 5.56 Å². The van der Waals surface area contributed by atoms with Crippen LogP contribution in [0.2, 0.25) is 5.15 Å². The van der Waals surface area contributed by atoms with Gasteiger partial charge in [-0.25, -0.2) is 4.98 Å². The second kappa shape index (κ2) is 6.89. The summed E-state index contributed by atoms with van der Waals surface area (Å²) in [6.07, 6.45) is 1.22. The summed E-state index contributed by atoms with van der Waals surface area (Å²) in [5.41, 5.74) is 7.18. The van der Waals surface area contributed by atoms with Gasteiger partial charge in [0.1, 0.15) is 5.15 Å². The van der Waals surface area contributed by atoms with Gasteiger partial charge in [-0.2, -0.15) is 8.42 Å². The lowest BCUT2D eigenvalue weighted by Gasteiger charge is -2.09. The third-order valence-electron chi connectivity index (χ3n) is 3.48. The van der Waals surface area contributed by atoms with Gasteiger partial charge in [0.2, 0.25) is 11.8 Å². The highest BCUT2D eigenvalue weighted by Crippen LogP contribution is 2.31. The van der Waals surface area contributed by atoms with Crippen molar-refractivity contribution in [2.24, 2.45) is 5.73 Å². The number of hydrogen-bond acceptors (Lipinski definition) is 7. The minimum absolute atomic E-state index is 0.103. The summed E-state index contributed by atoms with van der Waals surface area (Å²) in [6, 6.07) is 9.90. The quantitative estimate of drug-likeness (QED) is 0.508. The van der Waals surface area contributed by atoms with Crippen LogP contribution in [0.5, 0.6) is 0 Å². The van der Waals surface area contributed by atoms with Crippen LogP contribution in [0.25, 0.3) is 11.5 Å². The van der Waals surface area contributed by atoms with E-state index in [-0.39, 0.29) is 29.0 Å². The summed E-state index contributed by atoms with van der Waals surface area (Å²) in [7, 11) is -4.57. The van der Waals surface area contributed by atoms with E-state index >= 15 is 0 Å². The fourth-order valence-electron chi connectivity index (χ4n) is 2.34. The molecule has 0 saturated heterocycles. The molecule has 1 unspecified atom stereocenters. The van der Waals surface area contributed by atoms with Gasteiger partial charge in [-0.05, 0) is 17.7 Å². The van der Waals surface area contributed by atoms with Crippen molar-refractivity contribution < 1.29 is 17.4 Å². The number of rotatable bonds is 5. The molecule has 0 aliphatic rings. The van der Waals surface area contributed by atoms with Crippen LogP contribution in [0.15, 0.2) is 47.0 Å². The Labute approximate surface area is 148 Å².